The van der Waals surface area contributed by atoms with E-state index in [4.69, 9.17) is 0 Å². The van der Waals surface area contributed by atoms with Gasteiger partial charge in [0.1, 0.15) is 6.04 Å². The highest BCUT2D eigenvalue weighted by Crippen LogP contribution is 2.23. The summed E-state index contributed by atoms with van der Waals surface area (Å²) in [6.45, 7) is 1.55. The largest absolute Gasteiger partial charge is 0.468 e. The summed E-state index contributed by atoms with van der Waals surface area (Å²) in [6.07, 6.45) is 0. The van der Waals surface area contributed by atoms with Crippen molar-refractivity contribution in [3.63, 3.8) is 0 Å². The Bertz CT molecular complexity index is 767. The smallest absolute Gasteiger partial charge is 0.325 e. The van der Waals surface area contributed by atoms with Crippen molar-refractivity contribution < 1.29 is 26.4 Å². The van der Waals surface area contributed by atoms with E-state index < -0.39 is 37.6 Å². The van der Waals surface area contributed by atoms with Crippen LogP contribution in [0, 0.1) is 6.92 Å². The molecule has 1 aromatic rings. The van der Waals surface area contributed by atoms with E-state index in [2.05, 4.69) is 4.74 Å². The molecule has 1 atom stereocenters. The van der Waals surface area contributed by atoms with Crippen molar-refractivity contribution in [3.8, 4) is 0 Å². The van der Waals surface area contributed by atoms with Crippen molar-refractivity contribution in [2.24, 2.45) is 0 Å². The van der Waals surface area contributed by atoms with Gasteiger partial charge in [0.05, 0.1) is 23.5 Å². The van der Waals surface area contributed by atoms with Crippen LogP contribution in [0.3, 0.4) is 0 Å². The lowest BCUT2D eigenvalue weighted by Gasteiger charge is -2.32. The molecule has 9 heteroatoms. The maximum atomic E-state index is 12.7. The lowest BCUT2D eigenvalue weighted by molar-refractivity contribution is -0.144. The van der Waals surface area contributed by atoms with Gasteiger partial charge in [-0.25, -0.2) is 16.8 Å². The normalized spacial score (nSPS) is 22.2. The van der Waals surface area contributed by atoms with Crippen LogP contribution >= 0.6 is 0 Å². The number of hydrogen-bond donors (Lipinski definition) is 0. The second kappa shape index (κ2) is 5.98. The number of esters is 1. The topological polar surface area (TPSA) is 97.8 Å². The zero-order valence-electron chi connectivity index (χ0n) is 12.2. The number of carbonyl (C=O) groups is 1. The van der Waals surface area contributed by atoms with E-state index in [1.165, 1.54) is 12.1 Å². The molecule has 0 bridgehead atoms. The molecule has 1 aliphatic heterocycles. The van der Waals surface area contributed by atoms with Crippen molar-refractivity contribution in [2.75, 3.05) is 25.2 Å². The van der Waals surface area contributed by atoms with E-state index in [0.29, 0.717) is 0 Å². The number of aryl methyl sites for hydroxylation is 1. The monoisotopic (exact) mass is 347 g/mol. The van der Waals surface area contributed by atoms with Crippen LogP contribution in [-0.4, -0.2) is 58.3 Å². The van der Waals surface area contributed by atoms with Gasteiger partial charge < -0.3 is 4.74 Å². The SMILES string of the molecule is COC(=O)[C@@H]1CS(=O)(=O)CCN1S(=O)(=O)c1ccc(C)cc1. The quantitative estimate of drug-likeness (QED) is 0.712. The standard InChI is InChI=1S/C13H17NO6S2/c1-10-3-5-11(6-4-10)22(18,19)14-7-8-21(16,17)9-12(14)13(15)20-2/h3-6,12H,7-9H2,1-2H3/t12-/m0/s1. The summed E-state index contributed by atoms with van der Waals surface area (Å²) in [7, 11) is -6.34. The maximum absolute atomic E-state index is 12.7. The van der Waals surface area contributed by atoms with Gasteiger partial charge >= 0.3 is 5.97 Å². The number of benzene rings is 1. The fourth-order valence-electron chi connectivity index (χ4n) is 2.25. The Morgan fingerprint density at radius 3 is 2.41 bits per heavy atom. The van der Waals surface area contributed by atoms with Gasteiger partial charge in [-0.3, -0.25) is 4.79 Å². The van der Waals surface area contributed by atoms with Crippen molar-refractivity contribution in [3.05, 3.63) is 29.8 Å². The Hall–Kier alpha value is -1.45. The zero-order chi connectivity index (χ0) is 16.5. The summed E-state index contributed by atoms with van der Waals surface area (Å²) in [5.74, 6) is -1.75. The van der Waals surface area contributed by atoms with Crippen molar-refractivity contribution in [2.45, 2.75) is 17.9 Å². The van der Waals surface area contributed by atoms with Crippen LogP contribution in [0.25, 0.3) is 0 Å². The van der Waals surface area contributed by atoms with E-state index in [9.17, 15) is 21.6 Å². The first-order chi connectivity index (χ1) is 10.2. The number of carbonyl (C=O) groups excluding carboxylic acids is 1. The Morgan fingerprint density at radius 2 is 1.86 bits per heavy atom. The molecule has 1 fully saturated rings. The lowest BCUT2D eigenvalue weighted by atomic mass is 10.2. The number of methoxy groups -OCH3 is 1. The number of sulfonamides is 1. The van der Waals surface area contributed by atoms with Crippen molar-refractivity contribution in [1.29, 1.82) is 0 Å². The van der Waals surface area contributed by atoms with E-state index in [-0.39, 0.29) is 17.2 Å². The Balaban J connectivity index is 2.43. The van der Waals surface area contributed by atoms with Crippen LogP contribution in [0.2, 0.25) is 0 Å². The molecule has 0 N–H and O–H groups in total. The fourth-order valence-corrected chi connectivity index (χ4v) is 5.47. The first-order valence-electron chi connectivity index (χ1n) is 6.54. The van der Waals surface area contributed by atoms with Crippen LogP contribution < -0.4 is 0 Å². The highest BCUT2D eigenvalue weighted by molar-refractivity contribution is 7.92. The van der Waals surface area contributed by atoms with Crippen LogP contribution in [0.4, 0.5) is 0 Å². The lowest BCUT2D eigenvalue weighted by Crippen LogP contribution is -2.54. The average Bonchev–Trinajstić information content (AvgIpc) is 2.45. The molecule has 1 heterocycles. The van der Waals surface area contributed by atoms with Gasteiger partial charge in [-0.1, -0.05) is 17.7 Å². The summed E-state index contributed by atoms with van der Waals surface area (Å²) < 4.78 is 54.2. The second-order valence-corrected chi connectivity index (χ2v) is 9.20. The summed E-state index contributed by atoms with van der Waals surface area (Å²) in [5.41, 5.74) is 0.893. The van der Waals surface area contributed by atoms with Crippen LogP contribution in [0.15, 0.2) is 29.2 Å². The predicted molar refractivity (Wildman–Crippen MR) is 79.5 cm³/mol. The Kier molecular flexibility index (Phi) is 4.59. The number of ether oxygens (including phenoxy) is 1. The van der Waals surface area contributed by atoms with Gasteiger partial charge in [-0.2, -0.15) is 4.31 Å². The third kappa shape index (κ3) is 3.31. The van der Waals surface area contributed by atoms with Gasteiger partial charge in [0.15, 0.2) is 9.84 Å². The number of rotatable bonds is 3. The van der Waals surface area contributed by atoms with Crippen molar-refractivity contribution >= 4 is 25.8 Å². The highest BCUT2D eigenvalue weighted by Gasteiger charge is 2.43. The maximum Gasteiger partial charge on any atom is 0.325 e. The molecule has 1 aliphatic rings. The van der Waals surface area contributed by atoms with Gasteiger partial charge in [-0.05, 0) is 19.1 Å². The Labute approximate surface area is 129 Å². The van der Waals surface area contributed by atoms with Crippen LogP contribution in [-0.2, 0) is 29.4 Å². The third-order valence-electron chi connectivity index (χ3n) is 3.48. The molecule has 2 rings (SSSR count). The summed E-state index contributed by atoms with van der Waals surface area (Å²) in [4.78, 5) is 11.8. The molecule has 0 aliphatic carbocycles. The molecule has 1 saturated heterocycles. The van der Waals surface area contributed by atoms with Gasteiger partial charge in [0.2, 0.25) is 10.0 Å². The molecular formula is C13H17NO6S2. The van der Waals surface area contributed by atoms with Crippen molar-refractivity contribution in [1.82, 2.24) is 4.31 Å². The van der Waals surface area contributed by atoms with Crippen LogP contribution in [0.1, 0.15) is 5.56 Å². The molecule has 0 unspecified atom stereocenters. The number of hydrogen-bond acceptors (Lipinski definition) is 6. The average molecular weight is 347 g/mol. The molecular weight excluding hydrogens is 330 g/mol. The fraction of sp³-hybridized carbons (Fsp3) is 0.462. The minimum absolute atomic E-state index is 0.0197. The van der Waals surface area contributed by atoms with Gasteiger partial charge in [-0.15, -0.1) is 0 Å². The summed E-state index contributed by atoms with van der Waals surface area (Å²) in [5, 5.41) is 0. The molecule has 7 nitrogen and oxygen atoms in total. The Morgan fingerprint density at radius 1 is 1.27 bits per heavy atom. The molecule has 0 radical (unpaired) electrons. The minimum Gasteiger partial charge on any atom is -0.468 e. The molecule has 1 aromatic carbocycles. The van der Waals surface area contributed by atoms with Crippen LogP contribution in [0.5, 0.6) is 0 Å². The van der Waals surface area contributed by atoms with Gasteiger partial charge in [0.25, 0.3) is 0 Å². The number of nitrogens with zero attached hydrogens (tertiary/aromatic N) is 1. The molecule has 22 heavy (non-hydrogen) atoms. The molecule has 0 amide bonds. The number of sulfone groups is 1. The first kappa shape index (κ1) is 16.9. The molecule has 0 spiro atoms. The van der Waals surface area contributed by atoms with Gasteiger partial charge in [0, 0.05) is 6.54 Å². The predicted octanol–water partition coefficient (Wildman–Crippen LogP) is -0.0443. The summed E-state index contributed by atoms with van der Waals surface area (Å²) in [6, 6.07) is 4.79. The minimum atomic E-state index is -3.97. The molecule has 0 saturated carbocycles. The summed E-state index contributed by atoms with van der Waals surface area (Å²) >= 11 is 0. The van der Waals surface area contributed by atoms with E-state index in [0.717, 1.165) is 17.0 Å². The van der Waals surface area contributed by atoms with E-state index in [1.54, 1.807) is 12.1 Å². The second-order valence-electron chi connectivity index (χ2n) is 5.08. The highest BCUT2D eigenvalue weighted by atomic mass is 32.2. The van der Waals surface area contributed by atoms with E-state index >= 15 is 0 Å². The first-order valence-corrected chi connectivity index (χ1v) is 9.80. The third-order valence-corrected chi connectivity index (χ3v) is 7.03. The molecule has 0 aromatic heterocycles. The molecule has 122 valence electrons. The zero-order valence-corrected chi connectivity index (χ0v) is 13.9. The van der Waals surface area contributed by atoms with E-state index in [1.807, 2.05) is 6.92 Å².